The van der Waals surface area contributed by atoms with Crippen LogP contribution in [-0.2, 0) is 9.53 Å². The van der Waals surface area contributed by atoms with Gasteiger partial charge in [0.1, 0.15) is 0 Å². The summed E-state index contributed by atoms with van der Waals surface area (Å²) in [5.41, 5.74) is 6.04. The van der Waals surface area contributed by atoms with E-state index in [1.54, 1.807) is 0 Å². The van der Waals surface area contributed by atoms with Gasteiger partial charge in [-0.15, -0.1) is 12.4 Å². The average molecular weight is 359 g/mol. The predicted octanol–water partition coefficient (Wildman–Crippen LogP) is 3.51. The molecule has 3 aliphatic rings. The minimum absolute atomic E-state index is 0. The minimum Gasteiger partial charge on any atom is -0.375 e. The van der Waals surface area contributed by atoms with Crippen molar-refractivity contribution in [3.05, 3.63) is 0 Å². The third kappa shape index (κ3) is 5.34. The number of carbonyl (C=O) groups is 1. The number of piperidine rings is 1. The van der Waals surface area contributed by atoms with Crippen molar-refractivity contribution in [2.75, 3.05) is 13.1 Å². The van der Waals surface area contributed by atoms with Crippen molar-refractivity contribution in [2.24, 2.45) is 17.6 Å². The van der Waals surface area contributed by atoms with Crippen LogP contribution in [0.4, 0.5) is 0 Å². The molecule has 0 bridgehead atoms. The molecule has 0 radical (unpaired) electrons. The van der Waals surface area contributed by atoms with E-state index in [2.05, 4.69) is 11.8 Å². The van der Waals surface area contributed by atoms with E-state index in [0.29, 0.717) is 18.1 Å². The van der Waals surface area contributed by atoms with E-state index in [-0.39, 0.29) is 24.4 Å². The van der Waals surface area contributed by atoms with Gasteiger partial charge < -0.3 is 15.4 Å². The highest BCUT2D eigenvalue weighted by Gasteiger charge is 2.32. The maximum Gasteiger partial charge on any atom is 0.225 e. The molecular formula is C19H35ClN2O2. The molecule has 24 heavy (non-hydrogen) atoms. The lowest BCUT2D eigenvalue weighted by Crippen LogP contribution is -2.46. The third-order valence-corrected chi connectivity index (χ3v) is 6.17. The number of halogens is 1. The number of nitrogens with two attached hydrogens (primary N) is 1. The predicted molar refractivity (Wildman–Crippen MR) is 99.3 cm³/mol. The Labute approximate surface area is 153 Å². The zero-order chi connectivity index (χ0) is 16.2. The summed E-state index contributed by atoms with van der Waals surface area (Å²) in [6, 6.07) is 0.229. The van der Waals surface area contributed by atoms with Crippen LogP contribution < -0.4 is 5.73 Å². The molecule has 2 atom stereocenters. The number of nitrogens with zero attached hydrogens (tertiary/aromatic N) is 1. The number of likely N-dealkylation sites (tertiary alicyclic amines) is 1. The summed E-state index contributed by atoms with van der Waals surface area (Å²) in [5, 5.41) is 0. The lowest BCUT2D eigenvalue weighted by atomic mass is 9.85. The molecule has 2 N–H and O–H groups in total. The van der Waals surface area contributed by atoms with Gasteiger partial charge in [-0.05, 0) is 63.7 Å². The molecule has 0 spiro atoms. The topological polar surface area (TPSA) is 55.6 Å². The van der Waals surface area contributed by atoms with Gasteiger partial charge in [-0.1, -0.05) is 13.3 Å². The van der Waals surface area contributed by atoms with Gasteiger partial charge in [0.2, 0.25) is 5.91 Å². The summed E-state index contributed by atoms with van der Waals surface area (Å²) in [5.74, 6) is 1.40. The standard InChI is InChI=1S/C19H34N2O2.ClH/c1-14-5-7-17(8-6-14)23-18-9-11-21(12-10-18)19(22)15-3-2-4-16(20)13-15;/h14-18H,2-13,20H2,1H3;1H. The molecule has 1 amide bonds. The van der Waals surface area contributed by atoms with Crippen molar-refractivity contribution in [2.45, 2.75) is 89.4 Å². The highest BCUT2D eigenvalue weighted by molar-refractivity contribution is 5.85. The SMILES string of the molecule is CC1CCC(OC2CCN(C(=O)C3CCCC(N)C3)CC2)CC1.Cl. The van der Waals surface area contributed by atoms with Gasteiger partial charge in [0.05, 0.1) is 12.2 Å². The first-order valence-electron chi connectivity index (χ1n) is 9.81. The van der Waals surface area contributed by atoms with Gasteiger partial charge in [0, 0.05) is 25.0 Å². The van der Waals surface area contributed by atoms with Crippen molar-refractivity contribution in [3.8, 4) is 0 Å². The average Bonchev–Trinajstić information content (AvgIpc) is 2.57. The third-order valence-electron chi connectivity index (χ3n) is 6.17. The molecule has 2 aliphatic carbocycles. The summed E-state index contributed by atoms with van der Waals surface area (Å²) in [4.78, 5) is 14.7. The molecule has 0 aromatic rings. The van der Waals surface area contributed by atoms with Gasteiger partial charge in [-0.25, -0.2) is 0 Å². The zero-order valence-electron chi connectivity index (χ0n) is 15.1. The smallest absolute Gasteiger partial charge is 0.225 e. The zero-order valence-corrected chi connectivity index (χ0v) is 15.9. The number of amides is 1. The number of rotatable bonds is 3. The van der Waals surface area contributed by atoms with Crippen molar-refractivity contribution < 1.29 is 9.53 Å². The number of hydrogen-bond acceptors (Lipinski definition) is 3. The molecule has 1 heterocycles. The molecule has 3 fully saturated rings. The maximum atomic E-state index is 12.7. The Morgan fingerprint density at radius 2 is 1.58 bits per heavy atom. The lowest BCUT2D eigenvalue weighted by molar-refractivity contribution is -0.140. The molecule has 1 aliphatic heterocycles. The van der Waals surface area contributed by atoms with Crippen LogP contribution in [-0.4, -0.2) is 42.1 Å². The van der Waals surface area contributed by atoms with Crippen LogP contribution in [0.5, 0.6) is 0 Å². The Balaban J connectivity index is 0.00000208. The summed E-state index contributed by atoms with van der Waals surface area (Å²) >= 11 is 0. The minimum atomic E-state index is 0. The van der Waals surface area contributed by atoms with Gasteiger partial charge in [0.25, 0.3) is 0 Å². The van der Waals surface area contributed by atoms with E-state index < -0.39 is 0 Å². The monoisotopic (exact) mass is 358 g/mol. The molecule has 0 aromatic carbocycles. The first kappa shape index (κ1) is 20.0. The van der Waals surface area contributed by atoms with Crippen LogP contribution in [0.3, 0.4) is 0 Å². The molecule has 3 rings (SSSR count). The van der Waals surface area contributed by atoms with E-state index >= 15 is 0 Å². The molecule has 140 valence electrons. The van der Waals surface area contributed by atoms with Gasteiger partial charge in [-0.2, -0.15) is 0 Å². The first-order chi connectivity index (χ1) is 11.1. The van der Waals surface area contributed by atoms with Crippen molar-refractivity contribution in [1.29, 1.82) is 0 Å². The first-order valence-corrected chi connectivity index (χ1v) is 9.81. The second-order valence-electron chi connectivity index (χ2n) is 8.17. The Morgan fingerprint density at radius 3 is 2.21 bits per heavy atom. The van der Waals surface area contributed by atoms with Crippen LogP contribution in [0, 0.1) is 11.8 Å². The molecule has 2 unspecified atom stereocenters. The van der Waals surface area contributed by atoms with E-state index in [1.807, 2.05) is 0 Å². The summed E-state index contributed by atoms with van der Waals surface area (Å²) in [6.45, 7) is 4.09. The molecule has 4 nitrogen and oxygen atoms in total. The Bertz CT molecular complexity index is 391. The summed E-state index contributed by atoms with van der Waals surface area (Å²) in [6.07, 6.45) is 12.0. The van der Waals surface area contributed by atoms with Crippen LogP contribution in [0.15, 0.2) is 0 Å². The Morgan fingerprint density at radius 1 is 0.958 bits per heavy atom. The van der Waals surface area contributed by atoms with Crippen molar-refractivity contribution >= 4 is 18.3 Å². The van der Waals surface area contributed by atoms with Gasteiger partial charge in [-0.3, -0.25) is 4.79 Å². The summed E-state index contributed by atoms with van der Waals surface area (Å²) < 4.78 is 6.31. The molecular weight excluding hydrogens is 324 g/mol. The lowest BCUT2D eigenvalue weighted by Gasteiger charge is -2.38. The normalized spacial score (nSPS) is 35.3. The van der Waals surface area contributed by atoms with E-state index in [0.717, 1.165) is 57.5 Å². The fourth-order valence-electron chi connectivity index (χ4n) is 4.56. The fraction of sp³-hybridized carbons (Fsp3) is 0.947. The Hall–Kier alpha value is -0.320. The van der Waals surface area contributed by atoms with Crippen LogP contribution in [0.1, 0.15) is 71.1 Å². The van der Waals surface area contributed by atoms with Crippen LogP contribution >= 0.6 is 12.4 Å². The largest absolute Gasteiger partial charge is 0.375 e. The number of hydrogen-bond donors (Lipinski definition) is 1. The van der Waals surface area contributed by atoms with Gasteiger partial charge in [0.15, 0.2) is 0 Å². The highest BCUT2D eigenvalue weighted by Crippen LogP contribution is 2.29. The maximum absolute atomic E-state index is 12.7. The van der Waals surface area contributed by atoms with E-state index in [4.69, 9.17) is 10.5 Å². The molecule has 2 saturated carbocycles. The second kappa shape index (κ2) is 9.40. The van der Waals surface area contributed by atoms with Crippen molar-refractivity contribution in [1.82, 2.24) is 4.90 Å². The molecule has 0 aromatic heterocycles. The van der Waals surface area contributed by atoms with Crippen LogP contribution in [0.2, 0.25) is 0 Å². The second-order valence-corrected chi connectivity index (χ2v) is 8.17. The number of carbonyl (C=O) groups excluding carboxylic acids is 1. The molecule has 5 heteroatoms. The fourth-order valence-corrected chi connectivity index (χ4v) is 4.56. The number of ether oxygens (including phenoxy) is 1. The van der Waals surface area contributed by atoms with E-state index in [1.165, 1.54) is 25.7 Å². The van der Waals surface area contributed by atoms with Crippen LogP contribution in [0.25, 0.3) is 0 Å². The summed E-state index contributed by atoms with van der Waals surface area (Å²) in [7, 11) is 0. The van der Waals surface area contributed by atoms with E-state index in [9.17, 15) is 4.79 Å². The molecule has 1 saturated heterocycles. The quantitative estimate of drug-likeness (QED) is 0.839. The highest BCUT2D eigenvalue weighted by atomic mass is 35.5. The van der Waals surface area contributed by atoms with Crippen molar-refractivity contribution in [3.63, 3.8) is 0 Å². The Kier molecular flexibility index (Phi) is 7.83. The van der Waals surface area contributed by atoms with Gasteiger partial charge >= 0.3 is 0 Å².